The van der Waals surface area contributed by atoms with E-state index in [1.54, 1.807) is 31.3 Å². The summed E-state index contributed by atoms with van der Waals surface area (Å²) in [4.78, 5) is 30.2. The van der Waals surface area contributed by atoms with Crippen molar-refractivity contribution in [1.29, 1.82) is 0 Å². The second-order valence-electron chi connectivity index (χ2n) is 10.1. The number of carbonyl (C=O) groups excluding carboxylic acids is 2. The predicted molar refractivity (Wildman–Crippen MR) is 136 cm³/mol. The Morgan fingerprint density at radius 2 is 1.81 bits per heavy atom. The number of amides is 2. The van der Waals surface area contributed by atoms with Crippen molar-refractivity contribution in [1.82, 2.24) is 15.1 Å². The lowest BCUT2D eigenvalue weighted by molar-refractivity contribution is -0.133. The molecule has 4 rings (SSSR count). The lowest BCUT2D eigenvalue weighted by Gasteiger charge is -2.44. The molecule has 0 saturated carbocycles. The van der Waals surface area contributed by atoms with E-state index < -0.39 is 11.5 Å². The number of rotatable bonds is 8. The van der Waals surface area contributed by atoms with Crippen molar-refractivity contribution in [3.63, 3.8) is 0 Å². The van der Waals surface area contributed by atoms with Crippen molar-refractivity contribution in [2.45, 2.75) is 51.2 Å². The molecule has 0 aromatic heterocycles. The SMILES string of the molecule is COc1ccc(CCN2C(=O)[C@H](CC(C)C)NC23CCN(C(=O)c2ccccc2F)CC3)cc1OC. The van der Waals surface area contributed by atoms with Crippen LogP contribution >= 0.6 is 0 Å². The molecular weight excluding hydrogens is 461 g/mol. The lowest BCUT2D eigenvalue weighted by Crippen LogP contribution is -2.60. The first-order chi connectivity index (χ1) is 17.3. The summed E-state index contributed by atoms with van der Waals surface area (Å²) in [6.07, 6.45) is 2.62. The van der Waals surface area contributed by atoms with Crippen LogP contribution < -0.4 is 14.8 Å². The number of benzene rings is 2. The summed E-state index contributed by atoms with van der Waals surface area (Å²) in [5.41, 5.74) is 0.626. The number of likely N-dealkylation sites (tertiary alicyclic amines) is 1. The average molecular weight is 498 g/mol. The lowest BCUT2D eigenvalue weighted by atomic mass is 9.94. The van der Waals surface area contributed by atoms with Crippen LogP contribution in [0.1, 0.15) is 49.0 Å². The van der Waals surface area contributed by atoms with Gasteiger partial charge in [-0.25, -0.2) is 4.39 Å². The maximum atomic E-state index is 14.2. The first kappa shape index (κ1) is 25.9. The molecule has 36 heavy (non-hydrogen) atoms. The number of nitrogens with one attached hydrogen (secondary N) is 1. The third-order valence-electron chi connectivity index (χ3n) is 7.28. The standard InChI is InChI=1S/C28H36FN3O4/c1-19(2)17-23-27(34)32(14-11-20-9-10-24(35-3)25(18-20)36-4)28(30-23)12-15-31(16-13-28)26(33)21-7-5-6-8-22(21)29/h5-10,18-19,23,30H,11-17H2,1-4H3/t23-/m0/s1. The highest BCUT2D eigenvalue weighted by Crippen LogP contribution is 2.35. The summed E-state index contributed by atoms with van der Waals surface area (Å²) in [5, 5.41) is 3.64. The van der Waals surface area contributed by atoms with Crippen molar-refractivity contribution < 1.29 is 23.5 Å². The smallest absolute Gasteiger partial charge is 0.256 e. The van der Waals surface area contributed by atoms with E-state index in [0.29, 0.717) is 56.3 Å². The molecule has 0 bridgehead atoms. The molecular formula is C28H36FN3O4. The van der Waals surface area contributed by atoms with Crippen LogP contribution in [-0.4, -0.2) is 67.2 Å². The molecule has 2 aliphatic heterocycles. The maximum Gasteiger partial charge on any atom is 0.256 e. The summed E-state index contributed by atoms with van der Waals surface area (Å²) in [5.74, 6) is 0.997. The number of methoxy groups -OCH3 is 2. The number of ether oxygens (including phenoxy) is 2. The summed E-state index contributed by atoms with van der Waals surface area (Å²) < 4.78 is 25.0. The maximum absolute atomic E-state index is 14.2. The molecule has 2 fully saturated rings. The van der Waals surface area contributed by atoms with E-state index in [9.17, 15) is 14.0 Å². The topological polar surface area (TPSA) is 71.1 Å². The highest BCUT2D eigenvalue weighted by Gasteiger charge is 2.51. The van der Waals surface area contributed by atoms with Gasteiger partial charge in [0.2, 0.25) is 5.91 Å². The van der Waals surface area contributed by atoms with Gasteiger partial charge in [0, 0.05) is 32.5 Å². The zero-order valence-electron chi connectivity index (χ0n) is 21.6. The zero-order valence-corrected chi connectivity index (χ0v) is 21.6. The molecule has 2 aromatic carbocycles. The first-order valence-corrected chi connectivity index (χ1v) is 12.6. The van der Waals surface area contributed by atoms with E-state index in [1.807, 2.05) is 23.1 Å². The summed E-state index contributed by atoms with van der Waals surface area (Å²) >= 11 is 0. The van der Waals surface area contributed by atoms with Gasteiger partial charge in [-0.15, -0.1) is 0 Å². The molecule has 1 spiro atoms. The second kappa shape index (κ2) is 10.9. The van der Waals surface area contributed by atoms with Gasteiger partial charge in [-0.05, 0) is 48.6 Å². The first-order valence-electron chi connectivity index (χ1n) is 12.6. The van der Waals surface area contributed by atoms with Crippen LogP contribution in [-0.2, 0) is 11.2 Å². The van der Waals surface area contributed by atoms with E-state index in [0.717, 1.165) is 12.0 Å². The Labute approximate surface area is 212 Å². The summed E-state index contributed by atoms with van der Waals surface area (Å²) in [6.45, 7) is 5.69. The number of piperidine rings is 1. The molecule has 7 nitrogen and oxygen atoms in total. The normalized spacial score (nSPS) is 19.3. The number of nitrogens with zero attached hydrogens (tertiary/aromatic N) is 2. The Morgan fingerprint density at radius 3 is 2.44 bits per heavy atom. The highest BCUT2D eigenvalue weighted by molar-refractivity contribution is 5.94. The van der Waals surface area contributed by atoms with Gasteiger partial charge in [0.15, 0.2) is 11.5 Å². The van der Waals surface area contributed by atoms with Crippen LogP contribution in [0.15, 0.2) is 42.5 Å². The molecule has 0 radical (unpaired) electrons. The number of hydrogen-bond donors (Lipinski definition) is 1. The van der Waals surface area contributed by atoms with Crippen LogP contribution in [0, 0.1) is 11.7 Å². The molecule has 2 aliphatic rings. The molecule has 2 saturated heterocycles. The van der Waals surface area contributed by atoms with Crippen molar-refractivity contribution >= 4 is 11.8 Å². The summed E-state index contributed by atoms with van der Waals surface area (Å²) in [6, 6.07) is 11.6. The Kier molecular flexibility index (Phi) is 7.83. The van der Waals surface area contributed by atoms with Gasteiger partial charge < -0.3 is 19.3 Å². The number of carbonyl (C=O) groups is 2. The van der Waals surface area contributed by atoms with Crippen LogP contribution in [0.5, 0.6) is 11.5 Å². The van der Waals surface area contributed by atoms with Crippen LogP contribution in [0.2, 0.25) is 0 Å². The van der Waals surface area contributed by atoms with Gasteiger partial charge in [0.25, 0.3) is 5.91 Å². The Bertz CT molecular complexity index is 1100. The second-order valence-corrected chi connectivity index (χ2v) is 10.1. The van der Waals surface area contributed by atoms with Crippen LogP contribution in [0.4, 0.5) is 4.39 Å². The van der Waals surface area contributed by atoms with Crippen molar-refractivity contribution in [3.05, 3.63) is 59.4 Å². The van der Waals surface area contributed by atoms with Crippen LogP contribution in [0.3, 0.4) is 0 Å². The van der Waals surface area contributed by atoms with Crippen molar-refractivity contribution in [2.24, 2.45) is 5.92 Å². The largest absolute Gasteiger partial charge is 0.493 e. The molecule has 8 heteroatoms. The molecule has 194 valence electrons. The van der Waals surface area contributed by atoms with E-state index in [-0.39, 0.29) is 23.4 Å². The van der Waals surface area contributed by atoms with Gasteiger partial charge in [-0.2, -0.15) is 0 Å². The average Bonchev–Trinajstić information content (AvgIpc) is 3.11. The Hall–Kier alpha value is -3.13. The Balaban J connectivity index is 1.50. The van der Waals surface area contributed by atoms with Gasteiger partial charge >= 0.3 is 0 Å². The fourth-order valence-electron chi connectivity index (χ4n) is 5.39. The third-order valence-corrected chi connectivity index (χ3v) is 7.28. The Morgan fingerprint density at radius 1 is 1.11 bits per heavy atom. The zero-order chi connectivity index (χ0) is 25.9. The number of hydrogen-bond acceptors (Lipinski definition) is 5. The van der Waals surface area contributed by atoms with E-state index in [2.05, 4.69) is 19.2 Å². The molecule has 2 amide bonds. The van der Waals surface area contributed by atoms with E-state index in [1.165, 1.54) is 12.1 Å². The van der Waals surface area contributed by atoms with Gasteiger partial charge in [0.1, 0.15) is 5.82 Å². The minimum Gasteiger partial charge on any atom is -0.493 e. The molecule has 1 atom stereocenters. The van der Waals surface area contributed by atoms with Gasteiger partial charge in [-0.1, -0.05) is 32.0 Å². The van der Waals surface area contributed by atoms with Crippen molar-refractivity contribution in [3.8, 4) is 11.5 Å². The van der Waals surface area contributed by atoms with Gasteiger partial charge in [-0.3, -0.25) is 14.9 Å². The van der Waals surface area contributed by atoms with E-state index in [4.69, 9.17) is 9.47 Å². The molecule has 0 unspecified atom stereocenters. The molecule has 2 heterocycles. The minimum atomic E-state index is -0.515. The fourth-order valence-corrected chi connectivity index (χ4v) is 5.39. The third kappa shape index (κ3) is 5.19. The molecule has 0 aliphatic carbocycles. The van der Waals surface area contributed by atoms with E-state index >= 15 is 0 Å². The molecule has 2 aromatic rings. The minimum absolute atomic E-state index is 0.0897. The van der Waals surface area contributed by atoms with Gasteiger partial charge in [0.05, 0.1) is 31.5 Å². The highest BCUT2D eigenvalue weighted by atomic mass is 19.1. The van der Waals surface area contributed by atoms with Crippen LogP contribution in [0.25, 0.3) is 0 Å². The molecule has 1 N–H and O–H groups in total. The van der Waals surface area contributed by atoms with Crippen molar-refractivity contribution in [2.75, 3.05) is 33.9 Å². The fraction of sp³-hybridized carbons (Fsp3) is 0.500. The summed E-state index contributed by atoms with van der Waals surface area (Å²) in [7, 11) is 3.21. The predicted octanol–water partition coefficient (Wildman–Crippen LogP) is 3.86. The quantitative estimate of drug-likeness (QED) is 0.600. The number of halogens is 1. The monoisotopic (exact) mass is 497 g/mol.